The van der Waals surface area contributed by atoms with Gasteiger partial charge in [-0.15, -0.1) is 22.7 Å². The van der Waals surface area contributed by atoms with Crippen molar-refractivity contribution in [1.29, 1.82) is 0 Å². The molecule has 1 nitrogen and oxygen atoms in total. The van der Waals surface area contributed by atoms with Crippen LogP contribution in [0.2, 0.25) is 0 Å². The van der Waals surface area contributed by atoms with Crippen molar-refractivity contribution in [3.8, 4) is 10.4 Å². The van der Waals surface area contributed by atoms with E-state index in [2.05, 4.69) is 16.4 Å². The summed E-state index contributed by atoms with van der Waals surface area (Å²) in [6.45, 7) is 0. The minimum atomic E-state index is 1.16. The molecule has 0 saturated carbocycles. The fourth-order valence-corrected chi connectivity index (χ4v) is 1.96. The van der Waals surface area contributed by atoms with Gasteiger partial charge in [0.2, 0.25) is 0 Å². The summed E-state index contributed by atoms with van der Waals surface area (Å²) < 4.78 is 0. The molecule has 49 valence electrons. The number of rotatable bonds is 1. The van der Waals surface area contributed by atoms with Crippen LogP contribution >= 0.6 is 22.7 Å². The van der Waals surface area contributed by atoms with E-state index in [1.54, 1.807) is 22.7 Å². The predicted octanol–water partition coefficient (Wildman–Crippen LogP) is 2.67. The molecule has 0 spiro atoms. The Kier molecular flexibility index (Phi) is 1.53. The van der Waals surface area contributed by atoms with Gasteiger partial charge in [0.05, 0.1) is 15.8 Å². The first-order valence-electron chi connectivity index (χ1n) is 2.81. The third-order valence-electron chi connectivity index (χ3n) is 1.17. The molecule has 0 saturated heterocycles. The summed E-state index contributed by atoms with van der Waals surface area (Å²) in [5.41, 5.74) is 2.99. The molecule has 3 heteroatoms. The lowest BCUT2D eigenvalue weighted by Gasteiger charge is -1.83. The molecule has 0 aliphatic heterocycles. The molecule has 0 aromatic carbocycles. The molecule has 10 heavy (non-hydrogen) atoms. The highest BCUT2D eigenvalue weighted by Gasteiger charge is 1.97. The molecule has 2 aromatic rings. The van der Waals surface area contributed by atoms with E-state index in [9.17, 15) is 0 Å². The highest BCUT2D eigenvalue weighted by atomic mass is 32.1. The molecule has 0 atom stereocenters. The van der Waals surface area contributed by atoms with Gasteiger partial charge in [-0.2, -0.15) is 0 Å². The van der Waals surface area contributed by atoms with Gasteiger partial charge in [0, 0.05) is 11.8 Å². The maximum atomic E-state index is 3.98. The van der Waals surface area contributed by atoms with Gasteiger partial charge in [-0.25, -0.2) is 0 Å². The molecule has 2 aromatic heterocycles. The lowest BCUT2D eigenvalue weighted by atomic mass is 10.3. The zero-order chi connectivity index (χ0) is 6.81. The number of thiazole rings is 1. The summed E-state index contributed by atoms with van der Waals surface area (Å²) in [6.07, 6.45) is 1.86. The van der Waals surface area contributed by atoms with Crippen LogP contribution in [0.1, 0.15) is 0 Å². The van der Waals surface area contributed by atoms with Crippen molar-refractivity contribution in [1.82, 2.24) is 4.98 Å². The number of aromatic nitrogens is 1. The molecule has 0 bridgehead atoms. The van der Waals surface area contributed by atoms with Crippen molar-refractivity contribution in [2.45, 2.75) is 0 Å². The molecule has 2 rings (SSSR count). The normalized spacial score (nSPS) is 10.0. The van der Waals surface area contributed by atoms with E-state index in [1.165, 1.54) is 4.88 Å². The average Bonchev–Trinajstić information content (AvgIpc) is 2.59. The minimum Gasteiger partial charge on any atom is -0.252 e. The Bertz CT molecular complexity index is 251. The van der Waals surface area contributed by atoms with Crippen LogP contribution in [-0.4, -0.2) is 4.98 Å². The van der Waals surface area contributed by atoms with E-state index >= 15 is 0 Å². The fourth-order valence-electron chi connectivity index (χ4n) is 0.715. The van der Waals surface area contributed by atoms with E-state index < -0.39 is 0 Å². The van der Waals surface area contributed by atoms with E-state index in [-0.39, 0.29) is 0 Å². The summed E-state index contributed by atoms with van der Waals surface area (Å²) in [5.74, 6) is 0. The summed E-state index contributed by atoms with van der Waals surface area (Å²) >= 11 is 3.24. The topological polar surface area (TPSA) is 12.9 Å². The van der Waals surface area contributed by atoms with Gasteiger partial charge in [0.25, 0.3) is 0 Å². The second-order valence-electron chi connectivity index (χ2n) is 1.80. The maximum Gasteiger partial charge on any atom is 0.0797 e. The number of nitrogens with zero attached hydrogens (tertiary/aromatic N) is 1. The van der Waals surface area contributed by atoms with Crippen LogP contribution in [0.25, 0.3) is 10.4 Å². The van der Waals surface area contributed by atoms with Gasteiger partial charge in [-0.3, -0.25) is 4.98 Å². The Morgan fingerprint density at radius 2 is 2.50 bits per heavy atom. The maximum absolute atomic E-state index is 3.98. The smallest absolute Gasteiger partial charge is 0.0797 e. The molecule has 0 unspecified atom stereocenters. The van der Waals surface area contributed by atoms with Crippen LogP contribution in [-0.2, 0) is 0 Å². The van der Waals surface area contributed by atoms with Crippen LogP contribution < -0.4 is 0 Å². The average molecular weight is 166 g/mol. The minimum absolute atomic E-state index is 1.16. The molecule has 0 aliphatic carbocycles. The van der Waals surface area contributed by atoms with E-state index in [1.807, 2.05) is 17.1 Å². The predicted molar refractivity (Wildman–Crippen MR) is 44.3 cm³/mol. The summed E-state index contributed by atoms with van der Waals surface area (Å²) in [6, 6.07) is 2.05. The summed E-state index contributed by atoms with van der Waals surface area (Å²) in [7, 11) is 0. The van der Waals surface area contributed by atoms with Crippen LogP contribution in [0.15, 0.2) is 23.2 Å². The molecule has 1 radical (unpaired) electrons. The van der Waals surface area contributed by atoms with E-state index in [0.29, 0.717) is 0 Å². The summed E-state index contributed by atoms with van der Waals surface area (Å²) in [4.78, 5) is 5.18. The number of hydrogen-bond donors (Lipinski definition) is 0. The first-order chi connectivity index (χ1) is 4.97. The van der Waals surface area contributed by atoms with Crippen LogP contribution in [0.4, 0.5) is 0 Å². The van der Waals surface area contributed by atoms with Crippen LogP contribution in [0.5, 0.6) is 0 Å². The second-order valence-corrected chi connectivity index (χ2v) is 3.40. The lowest BCUT2D eigenvalue weighted by molar-refractivity contribution is 1.43. The monoisotopic (exact) mass is 166 g/mol. The Hall–Kier alpha value is -0.670. The molecule has 0 amide bonds. The lowest BCUT2D eigenvalue weighted by Crippen LogP contribution is -1.60. The molecule has 2 heterocycles. The molecule has 0 fully saturated rings. The van der Waals surface area contributed by atoms with E-state index in [4.69, 9.17) is 0 Å². The largest absolute Gasteiger partial charge is 0.252 e. The van der Waals surface area contributed by atoms with Gasteiger partial charge in [-0.05, 0) is 11.4 Å². The van der Waals surface area contributed by atoms with Gasteiger partial charge in [0.1, 0.15) is 0 Å². The Morgan fingerprint density at radius 1 is 1.50 bits per heavy atom. The Morgan fingerprint density at radius 3 is 3.10 bits per heavy atom. The number of thiophene rings is 1. The molecule has 0 aliphatic rings. The van der Waals surface area contributed by atoms with Crippen molar-refractivity contribution < 1.29 is 0 Å². The second kappa shape index (κ2) is 2.52. The van der Waals surface area contributed by atoms with Crippen molar-refractivity contribution in [2.75, 3.05) is 0 Å². The Balaban J connectivity index is 2.48. The highest BCUT2D eigenvalue weighted by Crippen LogP contribution is 2.24. The first-order valence-corrected chi connectivity index (χ1v) is 4.57. The third-order valence-corrected chi connectivity index (χ3v) is 2.59. The summed E-state index contributed by atoms with van der Waals surface area (Å²) in [5, 5.41) is 5.17. The van der Waals surface area contributed by atoms with Gasteiger partial charge in [-0.1, -0.05) is 0 Å². The molecular weight excluding hydrogens is 162 g/mol. The SMILES string of the molecule is [c]1sccc1-c1cncs1. The zero-order valence-corrected chi connectivity index (χ0v) is 6.71. The van der Waals surface area contributed by atoms with Crippen LogP contribution in [0.3, 0.4) is 0 Å². The van der Waals surface area contributed by atoms with Gasteiger partial charge < -0.3 is 0 Å². The van der Waals surface area contributed by atoms with Crippen molar-refractivity contribution >= 4 is 22.7 Å². The van der Waals surface area contributed by atoms with E-state index in [0.717, 1.165) is 5.56 Å². The van der Waals surface area contributed by atoms with Crippen molar-refractivity contribution in [3.05, 3.63) is 28.5 Å². The van der Waals surface area contributed by atoms with Crippen molar-refractivity contribution in [3.63, 3.8) is 0 Å². The highest BCUT2D eigenvalue weighted by molar-refractivity contribution is 7.13. The van der Waals surface area contributed by atoms with Gasteiger partial charge in [0.15, 0.2) is 0 Å². The zero-order valence-electron chi connectivity index (χ0n) is 5.07. The first kappa shape index (κ1) is 6.07. The fraction of sp³-hybridized carbons (Fsp3) is 0. The van der Waals surface area contributed by atoms with Crippen molar-refractivity contribution in [2.24, 2.45) is 0 Å². The van der Waals surface area contributed by atoms with Crippen LogP contribution in [0, 0.1) is 5.38 Å². The van der Waals surface area contributed by atoms with Gasteiger partial charge >= 0.3 is 0 Å². The third kappa shape index (κ3) is 0.978. The Labute approximate surface area is 67.0 Å². The number of hydrogen-bond acceptors (Lipinski definition) is 3. The molecule has 0 N–H and O–H groups in total. The molecular formula is C7H4NS2. The quantitative estimate of drug-likeness (QED) is 0.634. The standard InChI is InChI=1S/C7H4NS2/c1-2-9-4-6(1)7-3-8-5-10-7/h1-3,5H.